The molecule has 0 bridgehead atoms. The standard InChI is InChI=1S/C12H20N2O/c1-3-12(15,11-5-6-11)7-10-8-13-14(4-2)9-10/h8-9,11,15H,3-7H2,1-2H3. The first-order chi connectivity index (χ1) is 7.18. The van der Waals surface area contributed by atoms with Crippen molar-refractivity contribution in [1.29, 1.82) is 0 Å². The zero-order valence-corrected chi connectivity index (χ0v) is 9.61. The molecule has 15 heavy (non-hydrogen) atoms. The Labute approximate surface area is 91.1 Å². The summed E-state index contributed by atoms with van der Waals surface area (Å²) in [6.45, 7) is 5.04. The van der Waals surface area contributed by atoms with Crippen molar-refractivity contribution >= 4 is 0 Å². The Morgan fingerprint density at radius 1 is 1.53 bits per heavy atom. The molecule has 1 aromatic rings. The smallest absolute Gasteiger partial charge is 0.0714 e. The van der Waals surface area contributed by atoms with E-state index in [9.17, 15) is 5.11 Å². The third-order valence-corrected chi connectivity index (χ3v) is 3.47. The summed E-state index contributed by atoms with van der Waals surface area (Å²) in [6, 6.07) is 0. The van der Waals surface area contributed by atoms with Gasteiger partial charge >= 0.3 is 0 Å². The van der Waals surface area contributed by atoms with E-state index >= 15 is 0 Å². The fraction of sp³-hybridized carbons (Fsp3) is 0.750. The first kappa shape index (κ1) is 10.7. The molecular weight excluding hydrogens is 188 g/mol. The lowest BCUT2D eigenvalue weighted by molar-refractivity contribution is 0.0139. The summed E-state index contributed by atoms with van der Waals surface area (Å²) in [5.74, 6) is 0.521. The molecular formula is C12H20N2O. The van der Waals surface area contributed by atoms with Crippen LogP contribution < -0.4 is 0 Å². The highest BCUT2D eigenvalue weighted by atomic mass is 16.3. The number of aliphatic hydroxyl groups is 1. The van der Waals surface area contributed by atoms with Crippen LogP contribution in [0.1, 0.15) is 38.7 Å². The molecule has 0 spiro atoms. The Morgan fingerprint density at radius 2 is 2.27 bits per heavy atom. The summed E-state index contributed by atoms with van der Waals surface area (Å²) in [7, 11) is 0. The van der Waals surface area contributed by atoms with E-state index in [1.165, 1.54) is 12.8 Å². The molecule has 1 aromatic heterocycles. The molecule has 0 saturated heterocycles. The quantitative estimate of drug-likeness (QED) is 0.803. The van der Waals surface area contributed by atoms with Gasteiger partial charge in [-0.1, -0.05) is 6.92 Å². The molecule has 0 aromatic carbocycles. The third-order valence-electron chi connectivity index (χ3n) is 3.47. The van der Waals surface area contributed by atoms with Crippen molar-refractivity contribution in [3.05, 3.63) is 18.0 Å². The molecule has 1 N–H and O–H groups in total. The van der Waals surface area contributed by atoms with Crippen molar-refractivity contribution in [2.75, 3.05) is 0 Å². The molecule has 1 atom stereocenters. The van der Waals surface area contributed by atoms with E-state index in [2.05, 4.69) is 18.9 Å². The lowest BCUT2D eigenvalue weighted by atomic mass is 9.88. The van der Waals surface area contributed by atoms with Gasteiger partial charge in [0.2, 0.25) is 0 Å². The van der Waals surface area contributed by atoms with Gasteiger partial charge in [-0.25, -0.2) is 0 Å². The summed E-state index contributed by atoms with van der Waals surface area (Å²) in [6.07, 6.45) is 7.90. The molecule has 1 fully saturated rings. The van der Waals surface area contributed by atoms with Gasteiger partial charge in [-0.05, 0) is 37.7 Å². The van der Waals surface area contributed by atoms with Gasteiger partial charge in [-0.15, -0.1) is 0 Å². The Bertz CT molecular complexity index is 330. The van der Waals surface area contributed by atoms with Crippen LogP contribution >= 0.6 is 0 Å². The topological polar surface area (TPSA) is 38.0 Å². The second kappa shape index (κ2) is 3.97. The maximum Gasteiger partial charge on any atom is 0.0714 e. The van der Waals surface area contributed by atoms with E-state index in [0.717, 1.165) is 24.9 Å². The predicted molar refractivity (Wildman–Crippen MR) is 59.6 cm³/mol. The molecule has 0 aliphatic heterocycles. The van der Waals surface area contributed by atoms with Crippen molar-refractivity contribution in [2.45, 2.75) is 51.7 Å². The van der Waals surface area contributed by atoms with Gasteiger partial charge in [-0.2, -0.15) is 5.10 Å². The molecule has 1 aliphatic carbocycles. The van der Waals surface area contributed by atoms with E-state index < -0.39 is 5.60 Å². The molecule has 0 amide bonds. The van der Waals surface area contributed by atoms with Gasteiger partial charge in [0, 0.05) is 19.2 Å². The monoisotopic (exact) mass is 208 g/mol. The van der Waals surface area contributed by atoms with Crippen LogP contribution in [0.3, 0.4) is 0 Å². The van der Waals surface area contributed by atoms with Crippen LogP contribution in [0.2, 0.25) is 0 Å². The number of hydrogen-bond donors (Lipinski definition) is 1. The Kier molecular flexibility index (Phi) is 2.83. The zero-order valence-electron chi connectivity index (χ0n) is 9.61. The number of hydrogen-bond acceptors (Lipinski definition) is 2. The molecule has 1 unspecified atom stereocenters. The van der Waals surface area contributed by atoms with Crippen LogP contribution in [0.15, 0.2) is 12.4 Å². The second-order valence-electron chi connectivity index (χ2n) is 4.61. The number of rotatable bonds is 5. The fourth-order valence-corrected chi connectivity index (χ4v) is 2.20. The maximum absolute atomic E-state index is 10.5. The molecule has 2 rings (SSSR count). The van der Waals surface area contributed by atoms with Crippen molar-refractivity contribution in [1.82, 2.24) is 9.78 Å². The van der Waals surface area contributed by atoms with Crippen LogP contribution in [0.4, 0.5) is 0 Å². The molecule has 84 valence electrons. The zero-order chi connectivity index (χ0) is 10.9. The number of aromatic nitrogens is 2. The molecule has 1 aliphatic rings. The van der Waals surface area contributed by atoms with Crippen LogP contribution in [-0.2, 0) is 13.0 Å². The highest BCUT2D eigenvalue weighted by molar-refractivity contribution is 5.11. The van der Waals surface area contributed by atoms with Crippen molar-refractivity contribution in [3.63, 3.8) is 0 Å². The van der Waals surface area contributed by atoms with E-state index in [1.807, 2.05) is 17.1 Å². The highest BCUT2D eigenvalue weighted by Crippen LogP contribution is 2.43. The average molecular weight is 208 g/mol. The van der Waals surface area contributed by atoms with Gasteiger partial charge in [0.1, 0.15) is 0 Å². The Hall–Kier alpha value is -0.830. The van der Waals surface area contributed by atoms with Crippen LogP contribution in [0.5, 0.6) is 0 Å². The van der Waals surface area contributed by atoms with Crippen LogP contribution in [-0.4, -0.2) is 20.5 Å². The lowest BCUT2D eigenvalue weighted by Crippen LogP contribution is -2.33. The summed E-state index contributed by atoms with van der Waals surface area (Å²) in [5, 5.41) is 14.7. The van der Waals surface area contributed by atoms with Crippen molar-refractivity contribution in [2.24, 2.45) is 5.92 Å². The molecule has 1 saturated carbocycles. The summed E-state index contributed by atoms with van der Waals surface area (Å²) < 4.78 is 1.91. The van der Waals surface area contributed by atoms with E-state index in [4.69, 9.17) is 0 Å². The lowest BCUT2D eigenvalue weighted by Gasteiger charge is -2.26. The van der Waals surface area contributed by atoms with E-state index in [1.54, 1.807) is 0 Å². The predicted octanol–water partition coefficient (Wildman–Crippen LogP) is 2.00. The highest BCUT2D eigenvalue weighted by Gasteiger charge is 2.42. The van der Waals surface area contributed by atoms with Gasteiger partial charge in [0.15, 0.2) is 0 Å². The van der Waals surface area contributed by atoms with E-state index in [0.29, 0.717) is 5.92 Å². The number of nitrogens with zero attached hydrogens (tertiary/aromatic N) is 2. The van der Waals surface area contributed by atoms with Gasteiger partial charge in [0.25, 0.3) is 0 Å². The molecule has 3 heteroatoms. The second-order valence-corrected chi connectivity index (χ2v) is 4.61. The first-order valence-corrected chi connectivity index (χ1v) is 5.91. The fourth-order valence-electron chi connectivity index (χ4n) is 2.20. The third kappa shape index (κ3) is 2.23. The van der Waals surface area contributed by atoms with Crippen molar-refractivity contribution < 1.29 is 5.11 Å². The summed E-state index contributed by atoms with van der Waals surface area (Å²) in [5.41, 5.74) is 0.676. The SMILES string of the molecule is CCn1cc(CC(O)(CC)C2CC2)cn1. The average Bonchev–Trinajstić information content (AvgIpc) is 3.01. The maximum atomic E-state index is 10.5. The van der Waals surface area contributed by atoms with Crippen molar-refractivity contribution in [3.8, 4) is 0 Å². The Balaban J connectivity index is 2.05. The summed E-state index contributed by atoms with van der Waals surface area (Å²) >= 11 is 0. The molecule has 1 heterocycles. The Morgan fingerprint density at radius 3 is 2.73 bits per heavy atom. The minimum atomic E-state index is -0.485. The van der Waals surface area contributed by atoms with Gasteiger partial charge in [0.05, 0.1) is 11.8 Å². The minimum absolute atomic E-state index is 0.485. The van der Waals surface area contributed by atoms with Gasteiger partial charge < -0.3 is 5.11 Å². The largest absolute Gasteiger partial charge is 0.389 e. The molecule has 0 radical (unpaired) electrons. The normalized spacial score (nSPS) is 20.2. The van der Waals surface area contributed by atoms with Crippen LogP contribution in [0.25, 0.3) is 0 Å². The molecule has 3 nitrogen and oxygen atoms in total. The van der Waals surface area contributed by atoms with Crippen LogP contribution in [0, 0.1) is 5.92 Å². The first-order valence-electron chi connectivity index (χ1n) is 5.91. The summed E-state index contributed by atoms with van der Waals surface area (Å²) in [4.78, 5) is 0. The number of aryl methyl sites for hydroxylation is 1. The van der Waals surface area contributed by atoms with E-state index in [-0.39, 0.29) is 0 Å². The van der Waals surface area contributed by atoms with Gasteiger partial charge in [-0.3, -0.25) is 4.68 Å². The minimum Gasteiger partial charge on any atom is -0.389 e.